The number of nitro benzene ring substituents is 1. The minimum atomic E-state index is -1.51. The van der Waals surface area contributed by atoms with Gasteiger partial charge >= 0.3 is 0 Å². The molecule has 0 aliphatic carbocycles. The number of non-ortho nitro benzene ring substituents is 1. The summed E-state index contributed by atoms with van der Waals surface area (Å²) in [6.45, 7) is 0. The van der Waals surface area contributed by atoms with Gasteiger partial charge in [0.25, 0.3) is 5.69 Å². The van der Waals surface area contributed by atoms with Crippen LogP contribution in [0.2, 0.25) is 0 Å². The summed E-state index contributed by atoms with van der Waals surface area (Å²) in [5, 5.41) is 10.5. The Labute approximate surface area is 129 Å². The first-order valence-corrected chi connectivity index (χ1v) is 8.31. The second kappa shape index (κ2) is 6.38. The molecule has 0 spiro atoms. The van der Waals surface area contributed by atoms with Gasteiger partial charge < -0.3 is 0 Å². The molecule has 0 aliphatic heterocycles. The van der Waals surface area contributed by atoms with Crippen molar-refractivity contribution in [3.8, 4) is 0 Å². The SMILES string of the molecule is O=C(CS(=O)c1ccc([N+](=O)[O-])cc1)c1ccc(Br)s1. The van der Waals surface area contributed by atoms with Crippen LogP contribution in [0.4, 0.5) is 5.69 Å². The summed E-state index contributed by atoms with van der Waals surface area (Å²) in [5.74, 6) is -0.345. The average Bonchev–Trinajstić information content (AvgIpc) is 2.85. The zero-order valence-electron chi connectivity index (χ0n) is 9.95. The van der Waals surface area contributed by atoms with Crippen molar-refractivity contribution in [2.75, 3.05) is 5.75 Å². The van der Waals surface area contributed by atoms with Gasteiger partial charge in [-0.15, -0.1) is 11.3 Å². The fourth-order valence-electron chi connectivity index (χ4n) is 1.46. The highest BCUT2D eigenvalue weighted by Crippen LogP contribution is 2.23. The molecule has 1 atom stereocenters. The van der Waals surface area contributed by atoms with Crippen LogP contribution in [0.25, 0.3) is 0 Å². The predicted molar refractivity (Wildman–Crippen MR) is 80.7 cm³/mol. The fourth-order valence-corrected chi connectivity index (χ4v) is 3.87. The minimum absolute atomic E-state index is 0.0701. The molecular weight excluding hydrogens is 366 g/mol. The summed E-state index contributed by atoms with van der Waals surface area (Å²) in [7, 11) is -1.51. The first-order valence-electron chi connectivity index (χ1n) is 5.39. The molecular formula is C12H8BrNO4S2. The Balaban J connectivity index is 2.08. The van der Waals surface area contributed by atoms with Gasteiger partial charge in [0.1, 0.15) is 0 Å². The number of ketones is 1. The second-order valence-corrected chi connectivity index (χ2v) is 7.68. The Morgan fingerprint density at radius 1 is 1.25 bits per heavy atom. The van der Waals surface area contributed by atoms with Gasteiger partial charge in [-0.2, -0.15) is 0 Å². The van der Waals surface area contributed by atoms with Crippen molar-refractivity contribution in [2.24, 2.45) is 0 Å². The average molecular weight is 374 g/mol. The predicted octanol–water partition coefficient (Wildman–Crippen LogP) is 3.41. The lowest BCUT2D eigenvalue weighted by Gasteiger charge is -2.00. The number of Topliss-reactive ketones (excluding diaryl/α,β-unsaturated/α-hetero) is 1. The highest BCUT2D eigenvalue weighted by Gasteiger charge is 2.15. The lowest BCUT2D eigenvalue weighted by Crippen LogP contribution is -2.09. The fraction of sp³-hybridized carbons (Fsp3) is 0.0833. The molecule has 5 nitrogen and oxygen atoms in total. The molecule has 1 aromatic heterocycles. The van der Waals surface area contributed by atoms with Gasteiger partial charge in [0.15, 0.2) is 5.78 Å². The Bertz CT molecular complexity index is 681. The molecule has 0 radical (unpaired) electrons. The molecule has 0 saturated carbocycles. The minimum Gasteiger partial charge on any atom is -0.292 e. The Hall–Kier alpha value is -1.38. The first kappa shape index (κ1) is 15.0. The summed E-state index contributed by atoms with van der Waals surface area (Å²) in [6, 6.07) is 8.80. The normalized spacial score (nSPS) is 12.1. The molecule has 104 valence electrons. The maximum absolute atomic E-state index is 12.0. The molecule has 1 unspecified atom stereocenters. The van der Waals surface area contributed by atoms with E-state index < -0.39 is 15.7 Å². The molecule has 0 saturated heterocycles. The molecule has 0 bridgehead atoms. The number of nitrogens with zero attached hydrogens (tertiary/aromatic N) is 1. The number of hydrogen-bond donors (Lipinski definition) is 0. The van der Waals surface area contributed by atoms with Gasteiger partial charge in [-0.3, -0.25) is 19.1 Å². The summed E-state index contributed by atoms with van der Waals surface area (Å²) in [6.07, 6.45) is 0. The van der Waals surface area contributed by atoms with E-state index in [1.807, 2.05) is 0 Å². The Morgan fingerprint density at radius 3 is 2.40 bits per heavy atom. The van der Waals surface area contributed by atoms with Gasteiger partial charge in [-0.05, 0) is 40.2 Å². The van der Waals surface area contributed by atoms with Crippen LogP contribution < -0.4 is 0 Å². The molecule has 20 heavy (non-hydrogen) atoms. The van der Waals surface area contributed by atoms with Gasteiger partial charge in [0, 0.05) is 17.0 Å². The number of hydrogen-bond acceptors (Lipinski definition) is 5. The molecule has 1 aromatic carbocycles. The van der Waals surface area contributed by atoms with E-state index in [2.05, 4.69) is 15.9 Å². The number of nitro groups is 1. The van der Waals surface area contributed by atoms with Gasteiger partial charge in [0.2, 0.25) is 0 Å². The van der Waals surface area contributed by atoms with Crippen LogP contribution in [0.5, 0.6) is 0 Å². The highest BCUT2D eigenvalue weighted by atomic mass is 79.9. The molecule has 0 aliphatic rings. The number of benzene rings is 1. The van der Waals surface area contributed by atoms with Crippen LogP contribution in [0.3, 0.4) is 0 Å². The zero-order chi connectivity index (χ0) is 14.7. The maximum Gasteiger partial charge on any atom is 0.269 e. The van der Waals surface area contributed by atoms with Crippen LogP contribution >= 0.6 is 27.3 Å². The summed E-state index contributed by atoms with van der Waals surface area (Å²) < 4.78 is 12.9. The van der Waals surface area contributed by atoms with Crippen LogP contribution in [0, 0.1) is 10.1 Å². The number of carbonyl (C=O) groups is 1. The largest absolute Gasteiger partial charge is 0.292 e. The van der Waals surface area contributed by atoms with E-state index in [9.17, 15) is 19.1 Å². The Morgan fingerprint density at radius 2 is 1.90 bits per heavy atom. The van der Waals surface area contributed by atoms with Gasteiger partial charge in [-0.1, -0.05) is 0 Å². The van der Waals surface area contributed by atoms with E-state index in [0.717, 1.165) is 3.79 Å². The van der Waals surface area contributed by atoms with Crippen molar-refractivity contribution in [2.45, 2.75) is 4.90 Å². The van der Waals surface area contributed by atoms with Crippen molar-refractivity contribution >= 4 is 49.5 Å². The summed E-state index contributed by atoms with van der Waals surface area (Å²) >= 11 is 4.54. The van der Waals surface area contributed by atoms with Crippen LogP contribution in [0.15, 0.2) is 45.1 Å². The quantitative estimate of drug-likeness (QED) is 0.457. The molecule has 0 fully saturated rings. The number of halogens is 1. The van der Waals surface area contributed by atoms with E-state index in [1.54, 1.807) is 12.1 Å². The third kappa shape index (κ3) is 3.59. The molecule has 2 aromatic rings. The van der Waals surface area contributed by atoms with Crippen molar-refractivity contribution in [1.82, 2.24) is 0 Å². The van der Waals surface area contributed by atoms with Crippen LogP contribution in [0.1, 0.15) is 9.67 Å². The van der Waals surface area contributed by atoms with E-state index >= 15 is 0 Å². The smallest absolute Gasteiger partial charge is 0.269 e. The van der Waals surface area contributed by atoms with Crippen molar-refractivity contribution in [1.29, 1.82) is 0 Å². The number of rotatable bonds is 5. The van der Waals surface area contributed by atoms with E-state index in [4.69, 9.17) is 0 Å². The highest BCUT2D eigenvalue weighted by molar-refractivity contribution is 9.11. The van der Waals surface area contributed by atoms with Crippen molar-refractivity contribution in [3.63, 3.8) is 0 Å². The summed E-state index contributed by atoms with van der Waals surface area (Å²) in [4.78, 5) is 22.8. The van der Waals surface area contributed by atoms with E-state index in [-0.39, 0.29) is 17.2 Å². The maximum atomic E-state index is 12.0. The van der Waals surface area contributed by atoms with Crippen molar-refractivity contribution < 1.29 is 13.9 Å². The second-order valence-electron chi connectivity index (χ2n) is 3.77. The third-order valence-corrected chi connectivity index (χ3v) is 5.41. The topological polar surface area (TPSA) is 77.3 Å². The molecule has 2 rings (SSSR count). The standard InChI is InChI=1S/C12H8BrNO4S2/c13-12-6-5-11(19-12)10(15)7-20(18)9-3-1-8(2-4-9)14(16)17/h1-6H,7H2. The molecule has 1 heterocycles. The van der Waals surface area contributed by atoms with Gasteiger partial charge in [0.05, 0.1) is 30.1 Å². The monoisotopic (exact) mass is 373 g/mol. The lowest BCUT2D eigenvalue weighted by molar-refractivity contribution is -0.384. The van der Waals surface area contributed by atoms with Crippen LogP contribution in [-0.2, 0) is 10.8 Å². The number of thiophene rings is 1. The molecule has 0 N–H and O–H groups in total. The molecule has 8 heteroatoms. The van der Waals surface area contributed by atoms with E-state index in [0.29, 0.717) is 9.77 Å². The summed E-state index contributed by atoms with van der Waals surface area (Å²) in [5.41, 5.74) is -0.0701. The Kier molecular flexibility index (Phi) is 4.79. The zero-order valence-corrected chi connectivity index (χ0v) is 13.2. The molecule has 0 amide bonds. The van der Waals surface area contributed by atoms with Crippen LogP contribution in [-0.4, -0.2) is 20.7 Å². The third-order valence-electron chi connectivity index (χ3n) is 2.42. The van der Waals surface area contributed by atoms with Crippen molar-refractivity contribution in [3.05, 3.63) is 55.2 Å². The number of carbonyl (C=O) groups excluding carboxylic acids is 1. The van der Waals surface area contributed by atoms with Gasteiger partial charge in [-0.25, -0.2) is 0 Å². The lowest BCUT2D eigenvalue weighted by atomic mass is 10.3. The first-order chi connectivity index (χ1) is 9.47. The van der Waals surface area contributed by atoms with E-state index in [1.165, 1.54) is 35.6 Å².